The number of hydrogen-bond donors (Lipinski definition) is 1. The highest BCUT2D eigenvalue weighted by molar-refractivity contribution is 7.61. The fraction of sp³-hybridized carbons (Fsp3) is 0.632. The predicted molar refractivity (Wildman–Crippen MR) is 197 cm³/mol. The molecule has 1 aromatic carbocycles. The molecule has 0 unspecified atom stereocenters. The Bertz CT molecular complexity index is 1320. The summed E-state index contributed by atoms with van der Waals surface area (Å²) >= 11 is 6.51. The molecule has 1 aromatic heterocycles. The lowest BCUT2D eigenvalue weighted by Gasteiger charge is -2.20. The van der Waals surface area contributed by atoms with Gasteiger partial charge in [-0.1, -0.05) is 108 Å². The second-order valence-electron chi connectivity index (χ2n) is 12.5. The molecule has 1 N–H and O–H groups in total. The summed E-state index contributed by atoms with van der Waals surface area (Å²) < 4.78 is 72.0. The van der Waals surface area contributed by atoms with Crippen LogP contribution in [0, 0.1) is 0 Å². The van der Waals surface area contributed by atoms with Gasteiger partial charge in [0.25, 0.3) is 0 Å². The first-order chi connectivity index (χ1) is 24.5. The van der Waals surface area contributed by atoms with Gasteiger partial charge in [-0.2, -0.15) is 13.2 Å². The highest BCUT2D eigenvalue weighted by Gasteiger charge is 2.30. The van der Waals surface area contributed by atoms with Gasteiger partial charge in [-0.25, -0.2) is 0 Å². The first-order valence-electron chi connectivity index (χ1n) is 18.4. The van der Waals surface area contributed by atoms with E-state index in [0.717, 1.165) is 24.8 Å². The summed E-state index contributed by atoms with van der Waals surface area (Å²) in [6.45, 7) is 4.53. The number of pyridine rings is 1. The minimum atomic E-state index is -4.44. The van der Waals surface area contributed by atoms with E-state index in [1.807, 2.05) is 12.1 Å². The zero-order chi connectivity index (χ0) is 37.4. The number of benzene rings is 1. The summed E-state index contributed by atoms with van der Waals surface area (Å²) in [5.74, 6) is 0.430. The smallest absolute Gasteiger partial charge is 0.422 e. The van der Waals surface area contributed by atoms with E-state index in [0.29, 0.717) is 24.3 Å². The molecule has 0 saturated heterocycles. The second kappa shape index (κ2) is 25.4. The second-order valence-corrected chi connectivity index (χ2v) is 15.2. The van der Waals surface area contributed by atoms with E-state index in [2.05, 4.69) is 17.2 Å². The van der Waals surface area contributed by atoms with Crippen LogP contribution in [0.1, 0.15) is 122 Å². The number of aromatic nitrogens is 1. The van der Waals surface area contributed by atoms with E-state index in [-0.39, 0.29) is 36.3 Å². The van der Waals surface area contributed by atoms with Crippen LogP contribution in [-0.4, -0.2) is 42.9 Å². The average molecular weight is 761 g/mol. The van der Waals surface area contributed by atoms with Crippen LogP contribution in [0.15, 0.2) is 53.4 Å². The van der Waals surface area contributed by atoms with Crippen molar-refractivity contribution in [1.29, 1.82) is 0 Å². The van der Waals surface area contributed by atoms with Gasteiger partial charge >= 0.3 is 13.8 Å². The number of halogens is 4. The Hall–Kier alpha value is -2.59. The number of nitrogens with zero attached hydrogens (tertiary/aromatic N) is 1. The summed E-state index contributed by atoms with van der Waals surface area (Å²) in [5, 5.41) is 3.03. The number of nitrogens with one attached hydrogen (secondary N) is 1. The first-order valence-corrected chi connectivity index (χ1v) is 20.3. The zero-order valence-electron chi connectivity index (χ0n) is 30.5. The molecule has 51 heavy (non-hydrogen) atoms. The molecule has 288 valence electrons. The highest BCUT2D eigenvalue weighted by Crippen LogP contribution is 2.57. The number of rotatable bonds is 28. The van der Waals surface area contributed by atoms with Gasteiger partial charge in [0, 0.05) is 18.7 Å². The first kappa shape index (κ1) is 44.6. The molecule has 13 heteroatoms. The SMILES string of the molecule is CCCCCCCCCCCCCCCC(=O)N[C@@H](C=C(Cl)P(=O)(OCC)OCC)Cc1ccc(OCc2cc(OCC(F)(F)F)ccn2)cc1. The van der Waals surface area contributed by atoms with Crippen molar-refractivity contribution in [2.45, 2.75) is 136 Å². The van der Waals surface area contributed by atoms with Gasteiger partial charge in [-0.3, -0.25) is 14.3 Å². The lowest BCUT2D eigenvalue weighted by Crippen LogP contribution is -2.35. The number of ether oxygens (including phenoxy) is 2. The molecule has 0 bridgehead atoms. The van der Waals surface area contributed by atoms with Gasteiger partial charge in [-0.15, -0.1) is 0 Å². The fourth-order valence-electron chi connectivity index (χ4n) is 5.41. The minimum absolute atomic E-state index is 0.0168. The lowest BCUT2D eigenvalue weighted by atomic mass is 10.0. The van der Waals surface area contributed by atoms with Crippen LogP contribution in [0.2, 0.25) is 0 Å². The van der Waals surface area contributed by atoms with Crippen molar-refractivity contribution in [3.63, 3.8) is 0 Å². The lowest BCUT2D eigenvalue weighted by molar-refractivity contribution is -0.153. The quantitative estimate of drug-likeness (QED) is 0.0681. The largest absolute Gasteiger partial charge is 0.487 e. The third kappa shape index (κ3) is 20.3. The molecule has 0 radical (unpaired) electrons. The molecule has 0 aliphatic rings. The van der Waals surface area contributed by atoms with Crippen molar-refractivity contribution < 1.29 is 41.1 Å². The fourth-order valence-corrected chi connectivity index (χ4v) is 7.22. The molecule has 1 atom stereocenters. The molecule has 0 saturated carbocycles. The van der Waals surface area contributed by atoms with Gasteiger partial charge in [0.1, 0.15) is 22.9 Å². The normalized spacial score (nSPS) is 12.9. The number of alkyl halides is 3. The van der Waals surface area contributed by atoms with Crippen LogP contribution in [0.5, 0.6) is 11.5 Å². The Balaban J connectivity index is 1.92. The average Bonchev–Trinajstić information content (AvgIpc) is 3.09. The van der Waals surface area contributed by atoms with Crippen LogP contribution in [0.4, 0.5) is 13.2 Å². The van der Waals surface area contributed by atoms with Crippen LogP contribution in [0.25, 0.3) is 0 Å². The number of carbonyl (C=O) groups excluding carboxylic acids is 1. The molecule has 2 rings (SSSR count). The van der Waals surface area contributed by atoms with Crippen LogP contribution in [0.3, 0.4) is 0 Å². The molecule has 0 aliphatic heterocycles. The van der Waals surface area contributed by atoms with Gasteiger partial charge < -0.3 is 23.8 Å². The van der Waals surface area contributed by atoms with Crippen LogP contribution >= 0.6 is 19.2 Å². The molecule has 8 nitrogen and oxygen atoms in total. The van der Waals surface area contributed by atoms with E-state index >= 15 is 0 Å². The molecule has 1 heterocycles. The Morgan fingerprint density at radius 1 is 0.843 bits per heavy atom. The standard InChI is InChI=1S/C38H57ClF3N2O6P/c1-4-7-8-9-10-11-12-13-14-15-16-17-18-19-37(45)44-32(28-36(39)51(46,49-5-2)50-6-3)26-31-20-22-34(23-21-31)47-29-33-27-35(24-25-43-33)48-30-38(40,41)42/h20-25,27-28,32H,4-19,26,29-30H2,1-3H3,(H,44,45)/t32-/m1/s1. The Labute approximate surface area is 307 Å². The van der Waals surface area contributed by atoms with Gasteiger partial charge in [0.15, 0.2) is 6.61 Å². The van der Waals surface area contributed by atoms with E-state index < -0.39 is 26.4 Å². The molecular formula is C38H57ClF3N2O6P. The Morgan fingerprint density at radius 3 is 1.96 bits per heavy atom. The number of amides is 1. The summed E-state index contributed by atoms with van der Waals surface area (Å²) in [5.41, 5.74) is 1.25. The summed E-state index contributed by atoms with van der Waals surface area (Å²) in [4.78, 5) is 17.1. The monoisotopic (exact) mass is 760 g/mol. The Morgan fingerprint density at radius 2 is 1.41 bits per heavy atom. The maximum atomic E-state index is 13.3. The molecule has 2 aromatic rings. The third-order valence-corrected chi connectivity index (χ3v) is 10.6. The van der Waals surface area contributed by atoms with E-state index in [9.17, 15) is 22.5 Å². The molecule has 0 fully saturated rings. The Kier molecular flexibility index (Phi) is 22.2. The van der Waals surface area contributed by atoms with Crippen molar-refractivity contribution >= 4 is 25.1 Å². The third-order valence-electron chi connectivity index (χ3n) is 8.01. The van der Waals surface area contributed by atoms with E-state index in [1.165, 1.54) is 88.6 Å². The maximum Gasteiger partial charge on any atom is 0.422 e. The van der Waals surface area contributed by atoms with Crippen molar-refractivity contribution in [3.8, 4) is 11.5 Å². The molecule has 1 amide bonds. The topological polar surface area (TPSA) is 96.0 Å². The van der Waals surface area contributed by atoms with Crippen molar-refractivity contribution in [2.75, 3.05) is 19.8 Å². The van der Waals surface area contributed by atoms with E-state index in [1.54, 1.807) is 26.0 Å². The highest BCUT2D eigenvalue weighted by atomic mass is 35.5. The summed E-state index contributed by atoms with van der Waals surface area (Å²) in [6.07, 6.45) is 15.0. The molecule has 0 spiro atoms. The van der Waals surface area contributed by atoms with Gasteiger partial charge in [-0.05, 0) is 56.5 Å². The number of hydrogen-bond acceptors (Lipinski definition) is 7. The molecule has 0 aliphatic carbocycles. The maximum absolute atomic E-state index is 13.3. The molecular weight excluding hydrogens is 704 g/mol. The number of carbonyl (C=O) groups is 1. The summed E-state index contributed by atoms with van der Waals surface area (Å²) in [7, 11) is -3.74. The summed E-state index contributed by atoms with van der Waals surface area (Å²) in [6, 6.07) is 9.28. The zero-order valence-corrected chi connectivity index (χ0v) is 32.1. The van der Waals surface area contributed by atoms with E-state index in [4.69, 9.17) is 30.1 Å². The predicted octanol–water partition coefficient (Wildman–Crippen LogP) is 11.5. The minimum Gasteiger partial charge on any atom is -0.487 e. The van der Waals surface area contributed by atoms with Crippen LogP contribution in [-0.2, 0) is 31.4 Å². The van der Waals surface area contributed by atoms with Crippen molar-refractivity contribution in [3.05, 3.63) is 64.7 Å². The van der Waals surface area contributed by atoms with Gasteiger partial charge in [0.05, 0.1) is 24.9 Å². The van der Waals surface area contributed by atoms with Crippen molar-refractivity contribution in [2.24, 2.45) is 0 Å². The number of unbranched alkanes of at least 4 members (excludes halogenated alkanes) is 12. The van der Waals surface area contributed by atoms with Gasteiger partial charge in [0.2, 0.25) is 5.91 Å². The van der Waals surface area contributed by atoms with Crippen molar-refractivity contribution in [1.82, 2.24) is 10.3 Å². The van der Waals surface area contributed by atoms with Crippen LogP contribution < -0.4 is 14.8 Å².